The van der Waals surface area contributed by atoms with E-state index in [4.69, 9.17) is 10.3 Å². The van der Waals surface area contributed by atoms with Crippen LogP contribution >= 0.6 is 0 Å². The molecule has 1 amide bonds. The standard InChI is InChI=1S/C12H16N2O6S/c13-11(15)7-6-10(12(16)17)14(8-21(18,19)20)9-4-2-1-3-5-9/h1-5,10H,6-8H2,(H2,13,15)(H,16,17)(H,18,19,20)/t10-/m0/s1. The Morgan fingerprint density at radius 1 is 1.24 bits per heavy atom. The van der Waals surface area contributed by atoms with Gasteiger partial charge in [-0.25, -0.2) is 4.79 Å². The minimum atomic E-state index is -4.44. The fourth-order valence-electron chi connectivity index (χ4n) is 1.83. The first-order chi connectivity index (χ1) is 9.70. The fourth-order valence-corrected chi connectivity index (χ4v) is 2.51. The van der Waals surface area contributed by atoms with Crippen molar-refractivity contribution in [2.45, 2.75) is 18.9 Å². The largest absolute Gasteiger partial charge is 0.480 e. The number of carboxylic acid groups (broad SMARTS) is 1. The zero-order valence-electron chi connectivity index (χ0n) is 11.0. The lowest BCUT2D eigenvalue weighted by Crippen LogP contribution is -2.44. The van der Waals surface area contributed by atoms with Crippen LogP contribution in [0.15, 0.2) is 30.3 Å². The van der Waals surface area contributed by atoms with E-state index in [9.17, 15) is 23.1 Å². The third-order valence-corrected chi connectivity index (χ3v) is 3.32. The molecule has 0 unspecified atom stereocenters. The molecule has 0 saturated carbocycles. The van der Waals surface area contributed by atoms with Crippen LogP contribution in [0.5, 0.6) is 0 Å². The van der Waals surface area contributed by atoms with Gasteiger partial charge in [-0.2, -0.15) is 8.42 Å². The SMILES string of the molecule is NC(=O)CC[C@@H](C(=O)O)N(CS(=O)(=O)O)c1ccccc1. The molecule has 0 aliphatic rings. The van der Waals surface area contributed by atoms with Gasteiger partial charge in [-0.05, 0) is 18.6 Å². The summed E-state index contributed by atoms with van der Waals surface area (Å²) in [7, 11) is -4.44. The van der Waals surface area contributed by atoms with Crippen molar-refractivity contribution in [3.05, 3.63) is 30.3 Å². The maximum Gasteiger partial charge on any atom is 0.326 e. The molecule has 1 rings (SSSR count). The second-order valence-electron chi connectivity index (χ2n) is 4.38. The monoisotopic (exact) mass is 316 g/mol. The van der Waals surface area contributed by atoms with Gasteiger partial charge in [-0.15, -0.1) is 0 Å². The normalized spacial score (nSPS) is 12.6. The molecule has 0 bridgehead atoms. The van der Waals surface area contributed by atoms with Crippen LogP contribution in [-0.2, 0) is 19.7 Å². The highest BCUT2D eigenvalue weighted by Crippen LogP contribution is 2.20. The Bertz CT molecular complexity index is 601. The van der Waals surface area contributed by atoms with Crippen LogP contribution < -0.4 is 10.6 Å². The first-order valence-electron chi connectivity index (χ1n) is 5.98. The van der Waals surface area contributed by atoms with E-state index in [0.29, 0.717) is 5.69 Å². The molecule has 1 atom stereocenters. The van der Waals surface area contributed by atoms with Gasteiger partial charge in [-0.3, -0.25) is 9.35 Å². The van der Waals surface area contributed by atoms with Crippen molar-refractivity contribution in [1.29, 1.82) is 0 Å². The van der Waals surface area contributed by atoms with Gasteiger partial charge in [-0.1, -0.05) is 18.2 Å². The van der Waals surface area contributed by atoms with Crippen molar-refractivity contribution in [2.24, 2.45) is 5.73 Å². The van der Waals surface area contributed by atoms with Crippen molar-refractivity contribution in [1.82, 2.24) is 0 Å². The lowest BCUT2D eigenvalue weighted by Gasteiger charge is -2.29. The number of amides is 1. The van der Waals surface area contributed by atoms with E-state index >= 15 is 0 Å². The number of nitrogens with two attached hydrogens (primary N) is 1. The molecule has 116 valence electrons. The van der Waals surface area contributed by atoms with Gasteiger partial charge in [0.2, 0.25) is 5.91 Å². The first kappa shape index (κ1) is 16.9. The molecule has 21 heavy (non-hydrogen) atoms. The maximum absolute atomic E-state index is 11.3. The smallest absolute Gasteiger partial charge is 0.326 e. The molecule has 8 nitrogen and oxygen atoms in total. The van der Waals surface area contributed by atoms with Crippen LogP contribution in [0.3, 0.4) is 0 Å². The Labute approximate surface area is 121 Å². The van der Waals surface area contributed by atoms with Gasteiger partial charge >= 0.3 is 5.97 Å². The number of hydrogen-bond acceptors (Lipinski definition) is 5. The zero-order valence-corrected chi connectivity index (χ0v) is 11.9. The number of rotatable bonds is 8. The van der Waals surface area contributed by atoms with Crippen LogP contribution in [0.2, 0.25) is 0 Å². The molecule has 1 aromatic carbocycles. The molecule has 1 aromatic rings. The predicted molar refractivity (Wildman–Crippen MR) is 75.2 cm³/mol. The number of aliphatic carboxylic acids is 1. The van der Waals surface area contributed by atoms with Crippen LogP contribution in [-0.4, -0.2) is 41.9 Å². The molecule has 0 saturated heterocycles. The topological polar surface area (TPSA) is 138 Å². The summed E-state index contributed by atoms with van der Waals surface area (Å²) in [5, 5.41) is 9.24. The average molecular weight is 316 g/mol. The molecule has 0 aliphatic carbocycles. The third-order valence-electron chi connectivity index (χ3n) is 2.72. The Hall–Kier alpha value is -2.13. The molecule has 0 aromatic heterocycles. The van der Waals surface area contributed by atoms with Gasteiger partial charge in [0.05, 0.1) is 0 Å². The number of nitrogens with zero attached hydrogens (tertiary/aromatic N) is 1. The molecule has 4 N–H and O–H groups in total. The summed E-state index contributed by atoms with van der Waals surface area (Å²) in [6, 6.07) is 6.57. The minimum Gasteiger partial charge on any atom is -0.480 e. The Morgan fingerprint density at radius 3 is 2.24 bits per heavy atom. The minimum absolute atomic E-state index is 0.172. The van der Waals surface area contributed by atoms with E-state index in [1.807, 2.05) is 0 Å². The first-order valence-corrected chi connectivity index (χ1v) is 7.59. The highest BCUT2D eigenvalue weighted by molar-refractivity contribution is 7.85. The maximum atomic E-state index is 11.3. The molecule has 9 heteroatoms. The quantitative estimate of drug-likeness (QED) is 0.576. The Morgan fingerprint density at radius 2 is 1.81 bits per heavy atom. The number of anilines is 1. The molecule has 0 fully saturated rings. The summed E-state index contributed by atoms with van der Waals surface area (Å²) >= 11 is 0. The summed E-state index contributed by atoms with van der Waals surface area (Å²) in [5.41, 5.74) is 5.29. The summed E-state index contributed by atoms with van der Waals surface area (Å²) in [4.78, 5) is 23.2. The summed E-state index contributed by atoms with van der Waals surface area (Å²) in [5.74, 6) is -2.91. The second-order valence-corrected chi connectivity index (χ2v) is 5.80. The molecular weight excluding hydrogens is 300 g/mol. The summed E-state index contributed by atoms with van der Waals surface area (Å²) in [6.45, 7) is 0. The molecular formula is C12H16N2O6S. The van der Waals surface area contributed by atoms with Crippen LogP contribution in [0, 0.1) is 0 Å². The number of hydrogen-bond donors (Lipinski definition) is 3. The van der Waals surface area contributed by atoms with E-state index in [0.717, 1.165) is 4.90 Å². The Kier molecular flexibility index (Phi) is 5.68. The van der Waals surface area contributed by atoms with E-state index in [1.54, 1.807) is 18.2 Å². The second kappa shape index (κ2) is 7.04. The number of carboxylic acids is 1. The van der Waals surface area contributed by atoms with Gasteiger partial charge in [0.15, 0.2) is 0 Å². The summed E-state index contributed by atoms with van der Waals surface area (Å²) < 4.78 is 31.2. The van der Waals surface area contributed by atoms with Crippen LogP contribution in [0.1, 0.15) is 12.8 Å². The Balaban J connectivity index is 3.12. The summed E-state index contributed by atoms with van der Waals surface area (Å²) in [6.07, 6.45) is -0.388. The predicted octanol–water partition coefficient (Wildman–Crippen LogP) is 0.0570. The van der Waals surface area contributed by atoms with Crippen molar-refractivity contribution in [3.63, 3.8) is 0 Å². The van der Waals surface area contributed by atoms with Gasteiger partial charge < -0.3 is 15.7 Å². The molecule has 0 aliphatic heterocycles. The van der Waals surface area contributed by atoms with E-state index in [1.165, 1.54) is 12.1 Å². The van der Waals surface area contributed by atoms with E-state index in [2.05, 4.69) is 0 Å². The highest BCUT2D eigenvalue weighted by Gasteiger charge is 2.29. The van der Waals surface area contributed by atoms with Gasteiger partial charge in [0, 0.05) is 12.1 Å². The number of benzene rings is 1. The molecule has 0 heterocycles. The zero-order chi connectivity index (χ0) is 16.0. The molecule has 0 radical (unpaired) electrons. The van der Waals surface area contributed by atoms with E-state index in [-0.39, 0.29) is 12.8 Å². The van der Waals surface area contributed by atoms with Crippen molar-refractivity contribution in [3.8, 4) is 0 Å². The average Bonchev–Trinajstić information content (AvgIpc) is 2.36. The number of carbonyl (C=O) groups excluding carboxylic acids is 1. The lowest BCUT2D eigenvalue weighted by molar-refractivity contribution is -0.138. The molecule has 0 spiro atoms. The third kappa shape index (κ3) is 5.79. The van der Waals surface area contributed by atoms with Crippen molar-refractivity contribution >= 4 is 27.7 Å². The van der Waals surface area contributed by atoms with Crippen LogP contribution in [0.4, 0.5) is 5.69 Å². The van der Waals surface area contributed by atoms with Gasteiger partial charge in [0.25, 0.3) is 10.1 Å². The van der Waals surface area contributed by atoms with Crippen molar-refractivity contribution in [2.75, 3.05) is 10.8 Å². The highest BCUT2D eigenvalue weighted by atomic mass is 32.2. The lowest BCUT2D eigenvalue weighted by atomic mass is 10.1. The van der Waals surface area contributed by atoms with Gasteiger partial charge in [0.1, 0.15) is 11.9 Å². The fraction of sp³-hybridized carbons (Fsp3) is 0.333. The van der Waals surface area contributed by atoms with Crippen molar-refractivity contribution < 1.29 is 27.7 Å². The number of primary amides is 1. The number of carbonyl (C=O) groups is 2. The van der Waals surface area contributed by atoms with Crippen LogP contribution in [0.25, 0.3) is 0 Å². The number of para-hydroxylation sites is 1. The van der Waals surface area contributed by atoms with E-state index < -0.39 is 33.9 Å².